The van der Waals surface area contributed by atoms with Crippen molar-refractivity contribution in [3.8, 4) is 23.0 Å². The van der Waals surface area contributed by atoms with Gasteiger partial charge in [-0.3, -0.25) is 4.79 Å². The molecule has 0 aliphatic rings. The van der Waals surface area contributed by atoms with E-state index in [1.807, 2.05) is 0 Å². The van der Waals surface area contributed by atoms with Crippen molar-refractivity contribution in [1.82, 2.24) is 20.4 Å². The van der Waals surface area contributed by atoms with Crippen LogP contribution in [0.5, 0.6) is 11.6 Å². The van der Waals surface area contributed by atoms with E-state index in [1.54, 1.807) is 42.6 Å². The average Bonchev–Trinajstić information content (AvgIpc) is 3.28. The largest absolute Gasteiger partial charge is 0.439 e. The van der Waals surface area contributed by atoms with E-state index in [-0.39, 0.29) is 24.7 Å². The zero-order valence-corrected chi connectivity index (χ0v) is 17.5. The third-order valence-corrected chi connectivity index (χ3v) is 4.70. The quantitative estimate of drug-likeness (QED) is 0.392. The molecule has 0 atom stereocenters. The Morgan fingerprint density at radius 3 is 2.70 bits per heavy atom. The van der Waals surface area contributed by atoms with Crippen molar-refractivity contribution >= 4 is 5.91 Å². The molecule has 1 amide bonds. The second-order valence-electron chi connectivity index (χ2n) is 7.18. The lowest BCUT2D eigenvalue weighted by Gasteiger charge is -2.11. The zero-order valence-electron chi connectivity index (χ0n) is 17.5. The number of aryl methyl sites for hydroxylation is 1. The molecule has 4 rings (SSSR count). The molecule has 9 heteroatoms. The van der Waals surface area contributed by atoms with Crippen molar-refractivity contribution < 1.29 is 22.8 Å². The number of hydrogen-bond donors (Lipinski definition) is 1. The molecular weight excluding hydrogens is 430 g/mol. The van der Waals surface area contributed by atoms with Crippen LogP contribution < -0.4 is 10.1 Å². The summed E-state index contributed by atoms with van der Waals surface area (Å²) in [7, 11) is 0. The smallest absolute Gasteiger partial charge is 0.226 e. The Bertz CT molecular complexity index is 1230. The molecule has 4 aromatic rings. The molecule has 2 aromatic heterocycles. The van der Waals surface area contributed by atoms with Crippen LogP contribution in [0.2, 0.25) is 0 Å². The Kier molecular flexibility index (Phi) is 6.99. The molecule has 0 aliphatic heterocycles. The zero-order chi connectivity index (χ0) is 23.0. The molecule has 0 spiro atoms. The Morgan fingerprint density at radius 2 is 1.88 bits per heavy atom. The van der Waals surface area contributed by atoms with Gasteiger partial charge in [0.25, 0.3) is 0 Å². The van der Waals surface area contributed by atoms with Crippen LogP contribution in [-0.2, 0) is 17.8 Å². The van der Waals surface area contributed by atoms with Crippen molar-refractivity contribution in [2.45, 2.75) is 25.8 Å². The Hall–Kier alpha value is -4.14. The van der Waals surface area contributed by atoms with Gasteiger partial charge in [0.05, 0.1) is 0 Å². The van der Waals surface area contributed by atoms with Crippen molar-refractivity contribution in [1.29, 1.82) is 0 Å². The summed E-state index contributed by atoms with van der Waals surface area (Å²) in [5.41, 5.74) is 1.31. The molecule has 1 N–H and O–H groups in total. The number of pyridine rings is 1. The predicted molar refractivity (Wildman–Crippen MR) is 115 cm³/mol. The highest BCUT2D eigenvalue weighted by Gasteiger charge is 2.11. The summed E-state index contributed by atoms with van der Waals surface area (Å²) in [5.74, 6) is 0.478. The Balaban J connectivity index is 1.25. The molecule has 0 fully saturated rings. The highest BCUT2D eigenvalue weighted by Crippen LogP contribution is 2.23. The lowest BCUT2D eigenvalue weighted by Crippen LogP contribution is -2.22. The second-order valence-corrected chi connectivity index (χ2v) is 7.18. The number of hydrogen-bond acceptors (Lipinski definition) is 6. The number of aromatic nitrogens is 3. The van der Waals surface area contributed by atoms with Crippen molar-refractivity contribution in [3.63, 3.8) is 0 Å². The van der Waals surface area contributed by atoms with Crippen molar-refractivity contribution in [2.75, 3.05) is 0 Å². The maximum Gasteiger partial charge on any atom is 0.226 e. The molecule has 7 nitrogen and oxygen atoms in total. The lowest BCUT2D eigenvalue weighted by atomic mass is 10.2. The SMILES string of the molecule is O=C(CCCc1nc(-c2ccc(F)cc2)no1)NCc1cccnc1Oc1cccc(F)c1. The highest BCUT2D eigenvalue weighted by molar-refractivity contribution is 5.75. The summed E-state index contributed by atoms with van der Waals surface area (Å²) in [5, 5.41) is 6.71. The number of halogens is 2. The molecular formula is C24H20F2N4O3. The van der Waals surface area contributed by atoms with Crippen LogP contribution in [0.15, 0.2) is 71.4 Å². The monoisotopic (exact) mass is 450 g/mol. The fourth-order valence-corrected chi connectivity index (χ4v) is 3.05. The molecule has 2 aromatic carbocycles. The molecule has 0 radical (unpaired) electrons. The number of amides is 1. The van der Waals surface area contributed by atoms with Crippen LogP contribution >= 0.6 is 0 Å². The van der Waals surface area contributed by atoms with Crippen LogP contribution in [-0.4, -0.2) is 21.0 Å². The Morgan fingerprint density at radius 1 is 1.03 bits per heavy atom. The van der Waals surface area contributed by atoms with E-state index in [2.05, 4.69) is 20.4 Å². The minimum atomic E-state index is -0.413. The first kappa shape index (κ1) is 22.1. The first-order valence-corrected chi connectivity index (χ1v) is 10.3. The molecule has 0 aliphatic carbocycles. The number of nitrogens with zero attached hydrogens (tertiary/aromatic N) is 3. The predicted octanol–water partition coefficient (Wildman–Crippen LogP) is 4.84. The summed E-state index contributed by atoms with van der Waals surface area (Å²) in [6, 6.07) is 15.1. The third-order valence-electron chi connectivity index (χ3n) is 4.70. The average molecular weight is 450 g/mol. The summed E-state index contributed by atoms with van der Waals surface area (Å²) in [4.78, 5) is 20.7. The van der Waals surface area contributed by atoms with Crippen LogP contribution in [0.1, 0.15) is 24.3 Å². The highest BCUT2D eigenvalue weighted by atomic mass is 19.1. The van der Waals surface area contributed by atoms with Crippen molar-refractivity contribution in [2.24, 2.45) is 0 Å². The molecule has 0 bridgehead atoms. The molecule has 0 unspecified atom stereocenters. The molecule has 168 valence electrons. The second kappa shape index (κ2) is 10.4. The van der Waals surface area contributed by atoms with Gasteiger partial charge in [0.15, 0.2) is 0 Å². The summed E-state index contributed by atoms with van der Waals surface area (Å²) < 4.78 is 37.3. The number of carbonyl (C=O) groups excluding carboxylic acids is 1. The van der Waals surface area contributed by atoms with Gasteiger partial charge in [0.1, 0.15) is 17.4 Å². The Labute approximate surface area is 188 Å². The van der Waals surface area contributed by atoms with E-state index in [0.29, 0.717) is 47.3 Å². The van der Waals surface area contributed by atoms with Gasteiger partial charge in [-0.1, -0.05) is 17.3 Å². The van der Waals surface area contributed by atoms with Gasteiger partial charge in [-0.15, -0.1) is 0 Å². The van der Waals surface area contributed by atoms with Crippen LogP contribution in [0.3, 0.4) is 0 Å². The molecule has 0 saturated carbocycles. The van der Waals surface area contributed by atoms with Crippen LogP contribution in [0, 0.1) is 11.6 Å². The van der Waals surface area contributed by atoms with Gasteiger partial charge in [-0.2, -0.15) is 4.98 Å². The summed E-state index contributed by atoms with van der Waals surface area (Å²) in [6.07, 6.45) is 2.76. The van der Waals surface area contributed by atoms with E-state index in [9.17, 15) is 13.6 Å². The maximum atomic E-state index is 13.4. The van der Waals surface area contributed by atoms with E-state index < -0.39 is 5.82 Å². The molecule has 2 heterocycles. The maximum absolute atomic E-state index is 13.4. The van der Waals surface area contributed by atoms with Crippen molar-refractivity contribution in [3.05, 3.63) is 89.9 Å². The van der Waals surface area contributed by atoms with Gasteiger partial charge in [-0.05, 0) is 48.9 Å². The first-order chi connectivity index (χ1) is 16.1. The van der Waals surface area contributed by atoms with Gasteiger partial charge in [-0.25, -0.2) is 13.8 Å². The minimum absolute atomic E-state index is 0.158. The van der Waals surface area contributed by atoms with E-state index in [1.165, 1.54) is 24.3 Å². The van der Waals surface area contributed by atoms with Gasteiger partial charge < -0.3 is 14.6 Å². The van der Waals surface area contributed by atoms with E-state index >= 15 is 0 Å². The number of benzene rings is 2. The summed E-state index contributed by atoms with van der Waals surface area (Å²) in [6.45, 7) is 0.215. The topological polar surface area (TPSA) is 90.1 Å². The number of nitrogens with one attached hydrogen (secondary N) is 1. The molecule has 33 heavy (non-hydrogen) atoms. The fourth-order valence-electron chi connectivity index (χ4n) is 3.05. The van der Waals surface area contributed by atoms with Gasteiger partial charge >= 0.3 is 0 Å². The minimum Gasteiger partial charge on any atom is -0.439 e. The fraction of sp³-hybridized carbons (Fsp3) is 0.167. The van der Waals surface area contributed by atoms with Crippen LogP contribution in [0.25, 0.3) is 11.4 Å². The normalized spacial score (nSPS) is 10.7. The van der Waals surface area contributed by atoms with E-state index in [4.69, 9.17) is 9.26 Å². The lowest BCUT2D eigenvalue weighted by molar-refractivity contribution is -0.121. The van der Waals surface area contributed by atoms with Gasteiger partial charge in [0.2, 0.25) is 23.5 Å². The molecule has 0 saturated heterocycles. The first-order valence-electron chi connectivity index (χ1n) is 10.3. The summed E-state index contributed by atoms with van der Waals surface area (Å²) >= 11 is 0. The van der Waals surface area contributed by atoms with E-state index in [0.717, 1.165) is 0 Å². The van der Waals surface area contributed by atoms with Gasteiger partial charge in [0, 0.05) is 42.8 Å². The third kappa shape index (κ3) is 6.19. The number of ether oxygens (including phenoxy) is 1. The van der Waals surface area contributed by atoms with Crippen LogP contribution in [0.4, 0.5) is 8.78 Å². The number of carbonyl (C=O) groups is 1. The number of rotatable bonds is 9. The standard InChI is InChI=1S/C24H20F2N4O3/c25-18-11-9-16(10-12-18)23-29-22(33-30-23)8-2-7-21(31)28-15-17-4-3-13-27-24(17)32-20-6-1-5-19(26)14-20/h1,3-6,9-14H,2,7-8,15H2,(H,28,31).